The Labute approximate surface area is 108 Å². The Kier molecular flexibility index (Phi) is 3.93. The van der Waals surface area contributed by atoms with Gasteiger partial charge >= 0.3 is 0 Å². The molecule has 6 nitrogen and oxygen atoms in total. The number of rotatable bonds is 4. The molecule has 18 heavy (non-hydrogen) atoms. The van der Waals surface area contributed by atoms with E-state index >= 15 is 0 Å². The molecule has 2 aromatic rings. The molecule has 0 amide bonds. The number of aromatic nitrogens is 4. The second kappa shape index (κ2) is 5.63. The Bertz CT molecular complexity index is 598. The molecule has 0 aromatic carbocycles. The van der Waals surface area contributed by atoms with Gasteiger partial charge in [0.2, 0.25) is 0 Å². The zero-order chi connectivity index (χ0) is 13.0. The molecule has 2 aromatic heterocycles. The number of nitrogens with one attached hydrogen (secondary N) is 1. The Morgan fingerprint density at radius 3 is 2.94 bits per heavy atom. The topological polar surface area (TPSA) is 97.5 Å². The SMILES string of the molecule is CCCc1cc(=O)[nH]c(Sc2cc(N)ncn2)n1. The lowest BCUT2D eigenvalue weighted by Crippen LogP contribution is -2.10. The van der Waals surface area contributed by atoms with Crippen LogP contribution in [0.5, 0.6) is 0 Å². The van der Waals surface area contributed by atoms with Crippen molar-refractivity contribution in [2.45, 2.75) is 29.9 Å². The van der Waals surface area contributed by atoms with Crippen LogP contribution in [0.25, 0.3) is 0 Å². The molecule has 0 saturated carbocycles. The summed E-state index contributed by atoms with van der Waals surface area (Å²) in [4.78, 5) is 26.4. The fourth-order valence-electron chi connectivity index (χ4n) is 1.42. The molecule has 0 spiro atoms. The number of nitrogens with two attached hydrogens (primary N) is 1. The van der Waals surface area contributed by atoms with Crippen LogP contribution in [0.2, 0.25) is 0 Å². The van der Waals surface area contributed by atoms with E-state index in [9.17, 15) is 4.79 Å². The predicted molar refractivity (Wildman–Crippen MR) is 69.4 cm³/mol. The van der Waals surface area contributed by atoms with Gasteiger partial charge in [-0.3, -0.25) is 4.79 Å². The molecule has 3 N–H and O–H groups in total. The minimum Gasteiger partial charge on any atom is -0.384 e. The summed E-state index contributed by atoms with van der Waals surface area (Å²) in [5.74, 6) is 0.388. The molecule has 0 atom stereocenters. The number of nitrogen functional groups attached to an aromatic ring is 1. The van der Waals surface area contributed by atoms with Crippen molar-refractivity contribution in [3.63, 3.8) is 0 Å². The van der Waals surface area contributed by atoms with Gasteiger partial charge in [0.1, 0.15) is 17.2 Å². The number of hydrogen-bond donors (Lipinski definition) is 2. The minimum atomic E-state index is -0.155. The highest BCUT2D eigenvalue weighted by Gasteiger charge is 2.05. The van der Waals surface area contributed by atoms with Crippen LogP contribution in [0, 0.1) is 0 Å². The fourth-order valence-corrected chi connectivity index (χ4v) is 2.22. The van der Waals surface area contributed by atoms with Crippen molar-refractivity contribution in [3.8, 4) is 0 Å². The molecular weight excluding hydrogens is 250 g/mol. The maximum absolute atomic E-state index is 11.5. The lowest BCUT2D eigenvalue weighted by atomic mass is 10.2. The monoisotopic (exact) mass is 263 g/mol. The van der Waals surface area contributed by atoms with Crippen LogP contribution >= 0.6 is 11.8 Å². The minimum absolute atomic E-state index is 0.155. The molecular formula is C11H13N5OS. The Hall–Kier alpha value is -1.89. The Morgan fingerprint density at radius 2 is 2.22 bits per heavy atom. The third kappa shape index (κ3) is 3.30. The number of anilines is 1. The van der Waals surface area contributed by atoms with Crippen LogP contribution in [0.15, 0.2) is 33.4 Å². The largest absolute Gasteiger partial charge is 0.384 e. The van der Waals surface area contributed by atoms with E-state index in [4.69, 9.17) is 5.73 Å². The van der Waals surface area contributed by atoms with E-state index in [1.807, 2.05) is 6.92 Å². The lowest BCUT2D eigenvalue weighted by Gasteiger charge is -2.02. The van der Waals surface area contributed by atoms with Gasteiger partial charge in [-0.15, -0.1) is 0 Å². The molecule has 0 aliphatic rings. The van der Waals surface area contributed by atoms with Crippen molar-refractivity contribution >= 4 is 17.6 Å². The molecule has 7 heteroatoms. The van der Waals surface area contributed by atoms with Crippen LogP contribution in [-0.4, -0.2) is 19.9 Å². The number of aromatic amines is 1. The van der Waals surface area contributed by atoms with E-state index in [-0.39, 0.29) is 5.56 Å². The number of hydrogen-bond acceptors (Lipinski definition) is 6. The first kappa shape index (κ1) is 12.6. The third-order valence-corrected chi connectivity index (χ3v) is 2.96. The standard InChI is InChI=1S/C11H13N5OS/c1-2-3-7-4-9(17)16-11(15-7)18-10-5-8(12)13-6-14-10/h4-6H,2-3H2,1H3,(H2,12,13,14)(H,15,16,17). The maximum Gasteiger partial charge on any atom is 0.251 e. The predicted octanol–water partition coefficient (Wildman–Crippen LogP) is 1.25. The summed E-state index contributed by atoms with van der Waals surface area (Å²) in [6, 6.07) is 3.15. The molecule has 0 fully saturated rings. The highest BCUT2D eigenvalue weighted by Crippen LogP contribution is 2.22. The van der Waals surface area contributed by atoms with Gasteiger partial charge in [-0.2, -0.15) is 0 Å². The lowest BCUT2D eigenvalue weighted by molar-refractivity contribution is 0.815. The molecule has 2 heterocycles. The fraction of sp³-hybridized carbons (Fsp3) is 0.273. The Balaban J connectivity index is 2.26. The van der Waals surface area contributed by atoms with Gasteiger partial charge in [0.05, 0.1) is 0 Å². The number of aryl methyl sites for hydroxylation is 1. The molecule has 0 saturated heterocycles. The summed E-state index contributed by atoms with van der Waals surface area (Å²) in [7, 11) is 0. The van der Waals surface area contributed by atoms with Gasteiger partial charge in [0.15, 0.2) is 5.16 Å². The Morgan fingerprint density at radius 1 is 1.39 bits per heavy atom. The van der Waals surface area contributed by atoms with Gasteiger partial charge in [-0.25, -0.2) is 15.0 Å². The summed E-state index contributed by atoms with van der Waals surface area (Å²) < 4.78 is 0. The van der Waals surface area contributed by atoms with Crippen molar-refractivity contribution in [2.75, 3.05) is 5.73 Å². The van der Waals surface area contributed by atoms with Gasteiger partial charge in [0.25, 0.3) is 5.56 Å². The average molecular weight is 263 g/mol. The first-order chi connectivity index (χ1) is 8.67. The highest BCUT2D eigenvalue weighted by atomic mass is 32.2. The molecule has 0 radical (unpaired) electrons. The number of nitrogens with zero attached hydrogens (tertiary/aromatic N) is 3. The summed E-state index contributed by atoms with van der Waals surface area (Å²) in [6.07, 6.45) is 3.11. The first-order valence-electron chi connectivity index (χ1n) is 5.53. The smallest absolute Gasteiger partial charge is 0.251 e. The normalized spacial score (nSPS) is 10.5. The van der Waals surface area contributed by atoms with E-state index in [0.29, 0.717) is 16.0 Å². The quantitative estimate of drug-likeness (QED) is 0.636. The van der Waals surface area contributed by atoms with Gasteiger partial charge in [0, 0.05) is 17.8 Å². The van der Waals surface area contributed by atoms with Crippen molar-refractivity contribution in [1.82, 2.24) is 19.9 Å². The molecule has 0 bridgehead atoms. The van der Waals surface area contributed by atoms with Gasteiger partial charge in [-0.05, 0) is 18.2 Å². The number of H-pyrrole nitrogens is 1. The van der Waals surface area contributed by atoms with Crippen molar-refractivity contribution in [1.29, 1.82) is 0 Å². The van der Waals surface area contributed by atoms with E-state index < -0.39 is 0 Å². The van der Waals surface area contributed by atoms with Crippen molar-refractivity contribution < 1.29 is 0 Å². The zero-order valence-corrected chi connectivity index (χ0v) is 10.7. The van der Waals surface area contributed by atoms with Crippen molar-refractivity contribution in [3.05, 3.63) is 34.5 Å². The molecule has 94 valence electrons. The second-order valence-electron chi connectivity index (χ2n) is 3.68. The third-order valence-electron chi connectivity index (χ3n) is 2.14. The van der Waals surface area contributed by atoms with Gasteiger partial charge in [-0.1, -0.05) is 13.3 Å². The van der Waals surface area contributed by atoms with Gasteiger partial charge < -0.3 is 10.7 Å². The van der Waals surface area contributed by atoms with Crippen LogP contribution in [0.4, 0.5) is 5.82 Å². The van der Waals surface area contributed by atoms with E-state index in [1.165, 1.54) is 24.2 Å². The first-order valence-corrected chi connectivity index (χ1v) is 6.34. The van der Waals surface area contributed by atoms with E-state index in [1.54, 1.807) is 6.07 Å². The average Bonchev–Trinajstić information content (AvgIpc) is 2.28. The van der Waals surface area contributed by atoms with Crippen LogP contribution < -0.4 is 11.3 Å². The molecule has 2 rings (SSSR count). The zero-order valence-electron chi connectivity index (χ0n) is 9.88. The van der Waals surface area contributed by atoms with E-state index in [2.05, 4.69) is 19.9 Å². The summed E-state index contributed by atoms with van der Waals surface area (Å²) >= 11 is 1.26. The summed E-state index contributed by atoms with van der Waals surface area (Å²) in [5.41, 5.74) is 6.19. The summed E-state index contributed by atoms with van der Waals surface area (Å²) in [5, 5.41) is 1.17. The van der Waals surface area contributed by atoms with Crippen LogP contribution in [0.3, 0.4) is 0 Å². The van der Waals surface area contributed by atoms with Crippen LogP contribution in [-0.2, 0) is 6.42 Å². The highest BCUT2D eigenvalue weighted by molar-refractivity contribution is 7.99. The molecule has 0 aliphatic heterocycles. The second-order valence-corrected chi connectivity index (χ2v) is 4.68. The summed E-state index contributed by atoms with van der Waals surface area (Å²) in [6.45, 7) is 2.04. The molecule has 0 aliphatic carbocycles. The van der Waals surface area contributed by atoms with Crippen LogP contribution in [0.1, 0.15) is 19.0 Å². The van der Waals surface area contributed by atoms with Crippen molar-refractivity contribution in [2.24, 2.45) is 0 Å². The van der Waals surface area contributed by atoms with E-state index in [0.717, 1.165) is 18.5 Å². The maximum atomic E-state index is 11.5. The molecule has 0 unspecified atom stereocenters.